The van der Waals surface area contributed by atoms with Gasteiger partial charge in [-0.05, 0) is 56.7 Å². The second-order valence-electron chi connectivity index (χ2n) is 5.21. The Morgan fingerprint density at radius 3 is 2.72 bits per heavy atom. The van der Waals surface area contributed by atoms with Crippen LogP contribution in [0.2, 0.25) is 0 Å². The van der Waals surface area contributed by atoms with Crippen molar-refractivity contribution < 1.29 is 0 Å². The van der Waals surface area contributed by atoms with E-state index < -0.39 is 0 Å². The third kappa shape index (κ3) is 1.70. The number of hydrogen-bond acceptors (Lipinski definition) is 1. The second-order valence-corrected chi connectivity index (χ2v) is 5.21. The molecule has 0 saturated heterocycles. The maximum Gasteiger partial charge on any atom is 0.274 e. The molecule has 1 N–H and O–H groups in total. The molecule has 3 nitrogen and oxygen atoms in total. The fourth-order valence-corrected chi connectivity index (χ4v) is 2.72. The lowest BCUT2D eigenvalue weighted by molar-refractivity contribution is 0.670. The zero-order valence-electron chi connectivity index (χ0n) is 10.9. The molecule has 1 aromatic carbocycles. The Balaban J connectivity index is 2.20. The molecule has 3 heteroatoms. The van der Waals surface area contributed by atoms with Crippen LogP contribution in [-0.2, 0) is 12.8 Å². The predicted octanol–water partition coefficient (Wildman–Crippen LogP) is 2.66. The molecule has 0 bridgehead atoms. The molecule has 0 aliphatic heterocycles. The molecule has 0 radical (unpaired) electrons. The zero-order valence-corrected chi connectivity index (χ0v) is 10.9. The van der Waals surface area contributed by atoms with Crippen LogP contribution in [0.15, 0.2) is 23.0 Å². The first-order valence-corrected chi connectivity index (χ1v) is 6.57. The summed E-state index contributed by atoms with van der Waals surface area (Å²) in [6.45, 7) is 4.10. The largest absolute Gasteiger partial charge is 0.295 e. The summed E-state index contributed by atoms with van der Waals surface area (Å²) in [6.07, 6.45) is 4.23. The fourth-order valence-electron chi connectivity index (χ4n) is 2.72. The molecule has 0 amide bonds. The van der Waals surface area contributed by atoms with E-state index in [-0.39, 0.29) is 5.56 Å². The number of H-pyrrole nitrogens is 1. The van der Waals surface area contributed by atoms with E-state index in [9.17, 15) is 4.79 Å². The number of aromatic amines is 1. The molecule has 3 rings (SSSR count). The Bertz CT molecular complexity index is 649. The lowest BCUT2D eigenvalue weighted by atomic mass is 9.98. The number of hydrogen-bond donors (Lipinski definition) is 1. The standard InChI is InChI=1S/C15H18N2O/c1-10-7-8-11(2)14(9-10)17-15(18)12-5-3-4-6-13(12)16-17/h7-9,16H,3-6H2,1-2H3. The Morgan fingerprint density at radius 1 is 1.17 bits per heavy atom. The van der Waals surface area contributed by atoms with Crippen molar-refractivity contribution in [2.75, 3.05) is 0 Å². The van der Waals surface area contributed by atoms with Gasteiger partial charge in [-0.3, -0.25) is 9.89 Å². The molecule has 0 spiro atoms. The first-order valence-electron chi connectivity index (χ1n) is 6.57. The van der Waals surface area contributed by atoms with Gasteiger partial charge in [-0.15, -0.1) is 0 Å². The first kappa shape index (κ1) is 11.3. The highest BCUT2D eigenvalue weighted by atomic mass is 16.1. The highest BCUT2D eigenvalue weighted by Gasteiger charge is 2.18. The van der Waals surface area contributed by atoms with Crippen molar-refractivity contribution in [3.8, 4) is 5.69 Å². The van der Waals surface area contributed by atoms with Crippen LogP contribution in [0.1, 0.15) is 35.2 Å². The average Bonchev–Trinajstić information content (AvgIpc) is 2.71. The lowest BCUT2D eigenvalue weighted by Gasteiger charge is -2.08. The van der Waals surface area contributed by atoms with Gasteiger partial charge in [-0.1, -0.05) is 12.1 Å². The molecule has 0 saturated carbocycles. The molecule has 1 aliphatic rings. The Morgan fingerprint density at radius 2 is 1.94 bits per heavy atom. The van der Waals surface area contributed by atoms with Gasteiger partial charge in [0.1, 0.15) is 0 Å². The van der Waals surface area contributed by atoms with Gasteiger partial charge in [-0.2, -0.15) is 0 Å². The maximum absolute atomic E-state index is 12.4. The van der Waals surface area contributed by atoms with Gasteiger partial charge < -0.3 is 0 Å². The van der Waals surface area contributed by atoms with Gasteiger partial charge in [0, 0.05) is 11.3 Å². The van der Waals surface area contributed by atoms with E-state index in [1.807, 2.05) is 6.92 Å². The van der Waals surface area contributed by atoms with Crippen LogP contribution in [0.5, 0.6) is 0 Å². The van der Waals surface area contributed by atoms with E-state index in [1.54, 1.807) is 4.68 Å². The average molecular weight is 242 g/mol. The Labute approximate surface area is 106 Å². The van der Waals surface area contributed by atoms with Crippen LogP contribution >= 0.6 is 0 Å². The van der Waals surface area contributed by atoms with Crippen LogP contribution in [0.3, 0.4) is 0 Å². The summed E-state index contributed by atoms with van der Waals surface area (Å²) in [7, 11) is 0. The summed E-state index contributed by atoms with van der Waals surface area (Å²) in [5.74, 6) is 0. The number of benzene rings is 1. The van der Waals surface area contributed by atoms with Crippen molar-refractivity contribution in [1.82, 2.24) is 9.78 Å². The molecular weight excluding hydrogens is 224 g/mol. The topological polar surface area (TPSA) is 37.8 Å². The van der Waals surface area contributed by atoms with E-state index in [0.29, 0.717) is 0 Å². The lowest BCUT2D eigenvalue weighted by Crippen LogP contribution is -2.18. The monoisotopic (exact) mass is 242 g/mol. The van der Waals surface area contributed by atoms with Gasteiger partial charge in [-0.25, -0.2) is 4.68 Å². The highest BCUT2D eigenvalue weighted by Crippen LogP contribution is 2.19. The minimum Gasteiger partial charge on any atom is -0.295 e. The minimum atomic E-state index is 0.137. The summed E-state index contributed by atoms with van der Waals surface area (Å²) in [5.41, 5.74) is 5.54. The van der Waals surface area contributed by atoms with Gasteiger partial charge in [0.2, 0.25) is 0 Å². The number of aromatic nitrogens is 2. The Hall–Kier alpha value is -1.77. The van der Waals surface area contributed by atoms with E-state index in [0.717, 1.165) is 41.8 Å². The Kier molecular flexibility index (Phi) is 2.62. The van der Waals surface area contributed by atoms with Crippen LogP contribution in [0.4, 0.5) is 0 Å². The highest BCUT2D eigenvalue weighted by molar-refractivity contribution is 5.43. The quantitative estimate of drug-likeness (QED) is 0.820. The van der Waals surface area contributed by atoms with E-state index in [4.69, 9.17) is 0 Å². The van der Waals surface area contributed by atoms with Gasteiger partial charge in [0.05, 0.1) is 5.69 Å². The summed E-state index contributed by atoms with van der Waals surface area (Å²) >= 11 is 0. The van der Waals surface area contributed by atoms with Gasteiger partial charge in [0.25, 0.3) is 5.56 Å². The van der Waals surface area contributed by atoms with Gasteiger partial charge >= 0.3 is 0 Å². The molecule has 2 aromatic rings. The summed E-state index contributed by atoms with van der Waals surface area (Å²) in [4.78, 5) is 12.4. The SMILES string of the molecule is Cc1ccc(C)c(-n2[nH]c3c(c2=O)CCCC3)c1. The second kappa shape index (κ2) is 4.16. The molecule has 0 atom stereocenters. The maximum atomic E-state index is 12.4. The molecule has 18 heavy (non-hydrogen) atoms. The molecule has 1 heterocycles. The molecule has 1 aromatic heterocycles. The van der Waals surface area contributed by atoms with E-state index in [2.05, 4.69) is 30.2 Å². The first-order chi connectivity index (χ1) is 8.66. The molecular formula is C15H18N2O. The van der Waals surface area contributed by atoms with Crippen molar-refractivity contribution >= 4 is 0 Å². The van der Waals surface area contributed by atoms with Crippen molar-refractivity contribution in [2.24, 2.45) is 0 Å². The van der Waals surface area contributed by atoms with Crippen molar-refractivity contribution in [1.29, 1.82) is 0 Å². The summed E-state index contributed by atoms with van der Waals surface area (Å²) < 4.78 is 1.72. The zero-order chi connectivity index (χ0) is 12.7. The molecule has 0 fully saturated rings. The van der Waals surface area contributed by atoms with E-state index in [1.165, 1.54) is 12.0 Å². The van der Waals surface area contributed by atoms with Crippen molar-refractivity contribution in [3.63, 3.8) is 0 Å². The molecule has 0 unspecified atom stereocenters. The normalized spacial score (nSPS) is 14.6. The van der Waals surface area contributed by atoms with E-state index >= 15 is 0 Å². The third-order valence-corrected chi connectivity index (χ3v) is 3.78. The van der Waals surface area contributed by atoms with Crippen molar-refractivity contribution in [2.45, 2.75) is 39.5 Å². The number of nitrogens with zero attached hydrogens (tertiary/aromatic N) is 1. The van der Waals surface area contributed by atoms with Crippen LogP contribution in [0.25, 0.3) is 5.69 Å². The summed E-state index contributed by atoms with van der Waals surface area (Å²) in [5, 5.41) is 3.29. The molecule has 1 aliphatic carbocycles. The minimum absolute atomic E-state index is 0.137. The summed E-state index contributed by atoms with van der Waals surface area (Å²) in [6, 6.07) is 6.21. The number of aryl methyl sites for hydroxylation is 3. The predicted molar refractivity (Wildman–Crippen MR) is 72.5 cm³/mol. The third-order valence-electron chi connectivity index (χ3n) is 3.78. The number of fused-ring (bicyclic) bond motifs is 1. The molecule has 94 valence electrons. The number of rotatable bonds is 1. The van der Waals surface area contributed by atoms with Crippen molar-refractivity contribution in [3.05, 3.63) is 50.9 Å². The van der Waals surface area contributed by atoms with Gasteiger partial charge in [0.15, 0.2) is 0 Å². The number of nitrogens with one attached hydrogen (secondary N) is 1. The van der Waals surface area contributed by atoms with Crippen LogP contribution in [-0.4, -0.2) is 9.78 Å². The smallest absolute Gasteiger partial charge is 0.274 e. The van der Waals surface area contributed by atoms with Crippen LogP contribution in [0, 0.1) is 13.8 Å². The van der Waals surface area contributed by atoms with Crippen LogP contribution < -0.4 is 5.56 Å². The fraction of sp³-hybridized carbons (Fsp3) is 0.400.